The van der Waals surface area contributed by atoms with E-state index in [4.69, 9.17) is 4.74 Å². The van der Waals surface area contributed by atoms with E-state index in [-0.39, 0.29) is 17.4 Å². The van der Waals surface area contributed by atoms with Crippen LogP contribution < -0.4 is 9.62 Å². The van der Waals surface area contributed by atoms with Crippen LogP contribution >= 0.6 is 0 Å². The Bertz CT molecular complexity index is 1290. The van der Waals surface area contributed by atoms with Crippen LogP contribution in [0.5, 0.6) is 0 Å². The molecule has 0 aromatic heterocycles. The number of carbonyl (C=O) groups is 2. The lowest BCUT2D eigenvalue weighted by Gasteiger charge is -2.25. The van der Waals surface area contributed by atoms with Gasteiger partial charge in [-0.25, -0.2) is 13.2 Å². The number of sulfonamides is 1. The highest BCUT2D eigenvalue weighted by molar-refractivity contribution is 7.92. The predicted molar refractivity (Wildman–Crippen MR) is 137 cm³/mol. The van der Waals surface area contributed by atoms with Crippen molar-refractivity contribution in [3.05, 3.63) is 89.5 Å². The molecule has 3 aromatic rings. The zero-order valence-corrected chi connectivity index (χ0v) is 21.1. The fraction of sp³-hybridized carbons (Fsp3) is 0.259. The lowest BCUT2D eigenvalue weighted by molar-refractivity contribution is -0.114. The van der Waals surface area contributed by atoms with E-state index < -0.39 is 28.4 Å². The Morgan fingerprint density at radius 2 is 1.60 bits per heavy atom. The molecule has 0 atom stereocenters. The zero-order valence-electron chi connectivity index (χ0n) is 20.3. The summed E-state index contributed by atoms with van der Waals surface area (Å²) in [7, 11) is -4.02. The Hall–Kier alpha value is -3.65. The van der Waals surface area contributed by atoms with Gasteiger partial charge in [0.15, 0.2) is 0 Å². The number of esters is 1. The van der Waals surface area contributed by atoms with Gasteiger partial charge in [-0.2, -0.15) is 0 Å². The van der Waals surface area contributed by atoms with Crippen LogP contribution in [0.3, 0.4) is 0 Å². The maximum Gasteiger partial charge on any atom is 0.338 e. The van der Waals surface area contributed by atoms with Crippen molar-refractivity contribution in [1.82, 2.24) is 0 Å². The third-order valence-electron chi connectivity index (χ3n) is 5.57. The molecule has 184 valence electrons. The molecule has 0 spiro atoms. The third-order valence-corrected chi connectivity index (χ3v) is 7.36. The van der Waals surface area contributed by atoms with Crippen LogP contribution in [0.2, 0.25) is 0 Å². The van der Waals surface area contributed by atoms with Gasteiger partial charge in [-0.15, -0.1) is 0 Å². The SMILES string of the molecule is CCOC(=O)c1cccc(NC(=O)CN(c2ccc(C(C)C)cc2)S(=O)(=O)c2ccccc2)c1C. The molecule has 35 heavy (non-hydrogen) atoms. The fourth-order valence-electron chi connectivity index (χ4n) is 3.58. The molecule has 0 aliphatic carbocycles. The summed E-state index contributed by atoms with van der Waals surface area (Å²) in [6.45, 7) is 7.30. The maximum atomic E-state index is 13.5. The largest absolute Gasteiger partial charge is 0.462 e. The van der Waals surface area contributed by atoms with Crippen LogP contribution in [-0.4, -0.2) is 33.4 Å². The number of carbonyl (C=O) groups excluding carboxylic acids is 2. The van der Waals surface area contributed by atoms with E-state index in [1.54, 1.807) is 62.4 Å². The third kappa shape index (κ3) is 6.08. The number of hydrogen-bond acceptors (Lipinski definition) is 5. The van der Waals surface area contributed by atoms with Crippen molar-refractivity contribution in [2.45, 2.75) is 38.5 Å². The Morgan fingerprint density at radius 3 is 2.20 bits per heavy atom. The van der Waals surface area contributed by atoms with Gasteiger partial charge in [0.05, 0.1) is 22.8 Å². The summed E-state index contributed by atoms with van der Waals surface area (Å²) in [4.78, 5) is 25.4. The molecular formula is C27H30N2O5S. The number of anilines is 2. The van der Waals surface area contributed by atoms with Crippen molar-refractivity contribution in [3.8, 4) is 0 Å². The van der Waals surface area contributed by atoms with Crippen molar-refractivity contribution in [2.75, 3.05) is 22.8 Å². The van der Waals surface area contributed by atoms with Gasteiger partial charge >= 0.3 is 5.97 Å². The van der Waals surface area contributed by atoms with Crippen LogP contribution in [0.15, 0.2) is 77.7 Å². The number of ether oxygens (including phenoxy) is 1. The number of benzene rings is 3. The molecule has 0 aliphatic rings. The molecule has 3 rings (SSSR count). The van der Waals surface area contributed by atoms with E-state index in [0.29, 0.717) is 22.5 Å². The van der Waals surface area contributed by atoms with Gasteiger partial charge in [-0.05, 0) is 67.3 Å². The summed E-state index contributed by atoms with van der Waals surface area (Å²) in [5.74, 6) is -0.748. The number of hydrogen-bond donors (Lipinski definition) is 1. The molecule has 0 saturated heterocycles. The minimum atomic E-state index is -4.02. The van der Waals surface area contributed by atoms with Gasteiger partial charge in [0.1, 0.15) is 6.54 Å². The first-order chi connectivity index (χ1) is 16.6. The molecule has 0 fully saturated rings. The molecule has 0 radical (unpaired) electrons. The first-order valence-electron chi connectivity index (χ1n) is 11.4. The topological polar surface area (TPSA) is 92.8 Å². The molecule has 7 nitrogen and oxygen atoms in total. The van der Waals surface area contributed by atoms with Crippen molar-refractivity contribution in [2.24, 2.45) is 0 Å². The summed E-state index contributed by atoms with van der Waals surface area (Å²) in [5.41, 5.74) is 2.72. The monoisotopic (exact) mass is 494 g/mol. The Labute approximate surface area is 206 Å². The van der Waals surface area contributed by atoms with Crippen molar-refractivity contribution in [3.63, 3.8) is 0 Å². The maximum absolute atomic E-state index is 13.5. The molecule has 3 aromatic carbocycles. The molecule has 0 unspecified atom stereocenters. The summed E-state index contributed by atoms with van der Waals surface area (Å²) in [5, 5.41) is 2.75. The quantitative estimate of drug-likeness (QED) is 0.416. The van der Waals surface area contributed by atoms with Crippen molar-refractivity contribution >= 4 is 33.3 Å². The van der Waals surface area contributed by atoms with Crippen molar-refractivity contribution < 1.29 is 22.7 Å². The normalized spacial score (nSPS) is 11.2. The predicted octanol–water partition coefficient (Wildman–Crippen LogP) is 5.13. The van der Waals surface area contributed by atoms with Crippen LogP contribution in [0.4, 0.5) is 11.4 Å². The summed E-state index contributed by atoms with van der Waals surface area (Å²) < 4.78 is 33.2. The van der Waals surface area contributed by atoms with E-state index in [2.05, 4.69) is 5.32 Å². The van der Waals surface area contributed by atoms with Crippen LogP contribution in [0, 0.1) is 6.92 Å². The molecule has 0 bridgehead atoms. The van der Waals surface area contributed by atoms with E-state index >= 15 is 0 Å². The first-order valence-corrected chi connectivity index (χ1v) is 12.8. The second kappa shape index (κ2) is 11.2. The smallest absolute Gasteiger partial charge is 0.338 e. The van der Waals surface area contributed by atoms with Crippen LogP contribution in [0.1, 0.15) is 48.2 Å². The minimum Gasteiger partial charge on any atom is -0.462 e. The summed E-state index contributed by atoms with van der Waals surface area (Å²) >= 11 is 0. The lowest BCUT2D eigenvalue weighted by atomic mass is 10.0. The minimum absolute atomic E-state index is 0.0845. The van der Waals surface area contributed by atoms with Crippen LogP contribution in [0.25, 0.3) is 0 Å². The number of nitrogens with one attached hydrogen (secondary N) is 1. The van der Waals surface area contributed by atoms with Gasteiger partial charge in [-0.1, -0.05) is 50.2 Å². The van der Waals surface area contributed by atoms with E-state index in [0.717, 1.165) is 9.87 Å². The Morgan fingerprint density at radius 1 is 0.943 bits per heavy atom. The van der Waals surface area contributed by atoms with Gasteiger partial charge in [-0.3, -0.25) is 9.10 Å². The Balaban J connectivity index is 1.93. The first kappa shape index (κ1) is 26.0. The number of amides is 1. The highest BCUT2D eigenvalue weighted by Gasteiger charge is 2.27. The highest BCUT2D eigenvalue weighted by Crippen LogP contribution is 2.26. The lowest BCUT2D eigenvalue weighted by Crippen LogP contribution is -2.38. The molecule has 1 amide bonds. The molecule has 0 saturated carbocycles. The molecule has 1 N–H and O–H groups in total. The highest BCUT2D eigenvalue weighted by atomic mass is 32.2. The average molecular weight is 495 g/mol. The molecule has 8 heteroatoms. The average Bonchev–Trinajstić information content (AvgIpc) is 2.84. The molecule has 0 aliphatic heterocycles. The summed E-state index contributed by atoms with van der Waals surface area (Å²) in [6, 6.07) is 20.0. The van der Waals surface area contributed by atoms with Gasteiger partial charge < -0.3 is 10.1 Å². The number of rotatable bonds is 9. The van der Waals surface area contributed by atoms with Crippen molar-refractivity contribution in [1.29, 1.82) is 0 Å². The second-order valence-electron chi connectivity index (χ2n) is 8.32. The molecular weight excluding hydrogens is 464 g/mol. The van der Waals surface area contributed by atoms with E-state index in [1.807, 2.05) is 26.0 Å². The standard InChI is InChI=1S/C27H30N2O5S/c1-5-34-27(31)24-12-9-13-25(20(24)4)28-26(30)18-29(22-16-14-21(15-17-22)19(2)3)35(32,33)23-10-7-6-8-11-23/h6-17,19H,5,18H2,1-4H3,(H,28,30). The zero-order chi connectivity index (χ0) is 25.6. The van der Waals surface area contributed by atoms with Gasteiger partial charge in [0, 0.05) is 5.69 Å². The van der Waals surface area contributed by atoms with E-state index in [9.17, 15) is 18.0 Å². The number of nitrogens with zero attached hydrogens (tertiary/aromatic N) is 1. The van der Waals surface area contributed by atoms with Gasteiger partial charge in [0.2, 0.25) is 5.91 Å². The van der Waals surface area contributed by atoms with Gasteiger partial charge in [0.25, 0.3) is 10.0 Å². The fourth-order valence-corrected chi connectivity index (χ4v) is 5.02. The second-order valence-corrected chi connectivity index (χ2v) is 10.2. The Kier molecular flexibility index (Phi) is 8.30. The summed E-state index contributed by atoms with van der Waals surface area (Å²) in [6.07, 6.45) is 0. The van der Waals surface area contributed by atoms with Crippen LogP contribution in [-0.2, 0) is 19.6 Å². The molecule has 0 heterocycles. The van der Waals surface area contributed by atoms with E-state index in [1.165, 1.54) is 12.1 Å².